The highest BCUT2D eigenvalue weighted by Gasteiger charge is 2.12. The minimum absolute atomic E-state index is 0.0619. The first kappa shape index (κ1) is 13.3. The fourth-order valence-corrected chi connectivity index (χ4v) is 2.20. The van der Waals surface area contributed by atoms with Gasteiger partial charge in [0.1, 0.15) is 0 Å². The lowest BCUT2D eigenvalue weighted by atomic mass is 10.1. The van der Waals surface area contributed by atoms with Crippen LogP contribution in [0.2, 0.25) is 0 Å². The Morgan fingerprint density at radius 3 is 2.95 bits per heavy atom. The van der Waals surface area contributed by atoms with Crippen molar-refractivity contribution in [2.75, 3.05) is 6.54 Å². The zero-order valence-electron chi connectivity index (χ0n) is 11.8. The number of nitrogens with zero attached hydrogens (tertiary/aromatic N) is 3. The summed E-state index contributed by atoms with van der Waals surface area (Å²) in [5, 5.41) is 8.25. The fourth-order valence-electron chi connectivity index (χ4n) is 2.20. The van der Waals surface area contributed by atoms with Crippen molar-refractivity contribution >= 4 is 16.8 Å². The van der Waals surface area contributed by atoms with Gasteiger partial charge in [0.05, 0.1) is 23.0 Å². The predicted molar refractivity (Wildman–Crippen MR) is 81.5 cm³/mol. The molecule has 0 saturated carbocycles. The van der Waals surface area contributed by atoms with Crippen LogP contribution in [0.3, 0.4) is 0 Å². The van der Waals surface area contributed by atoms with Gasteiger partial charge in [0.25, 0.3) is 5.91 Å². The molecule has 21 heavy (non-hydrogen) atoms. The van der Waals surface area contributed by atoms with Gasteiger partial charge in [0.2, 0.25) is 0 Å². The summed E-state index contributed by atoms with van der Waals surface area (Å²) in [4.78, 5) is 16.3. The Kier molecular flexibility index (Phi) is 3.64. The maximum Gasteiger partial charge on any atom is 0.252 e. The first-order valence-corrected chi connectivity index (χ1v) is 6.96. The van der Waals surface area contributed by atoms with Crippen molar-refractivity contribution in [1.29, 1.82) is 0 Å². The largest absolute Gasteiger partial charge is 0.352 e. The van der Waals surface area contributed by atoms with Crippen LogP contribution in [0.1, 0.15) is 23.7 Å². The number of nitrogens with one attached hydrogen (secondary N) is 1. The summed E-state index contributed by atoms with van der Waals surface area (Å²) in [5.74, 6) is -0.0619. The number of hydrogen-bond acceptors (Lipinski definition) is 3. The Balaban J connectivity index is 2.04. The molecule has 0 aliphatic rings. The Morgan fingerprint density at radius 1 is 1.29 bits per heavy atom. The summed E-state index contributed by atoms with van der Waals surface area (Å²) in [5.41, 5.74) is 2.31. The van der Waals surface area contributed by atoms with Crippen LogP contribution in [-0.2, 0) is 0 Å². The van der Waals surface area contributed by atoms with Crippen molar-refractivity contribution in [3.05, 3.63) is 54.5 Å². The molecule has 5 heteroatoms. The van der Waals surface area contributed by atoms with Crippen LogP contribution in [0, 0.1) is 0 Å². The second-order valence-electron chi connectivity index (χ2n) is 4.78. The summed E-state index contributed by atoms with van der Waals surface area (Å²) >= 11 is 0. The third kappa shape index (κ3) is 2.63. The van der Waals surface area contributed by atoms with E-state index in [1.807, 2.05) is 43.5 Å². The van der Waals surface area contributed by atoms with Crippen molar-refractivity contribution < 1.29 is 4.79 Å². The minimum Gasteiger partial charge on any atom is -0.352 e. The Bertz CT molecular complexity index is 764. The number of amides is 1. The van der Waals surface area contributed by atoms with E-state index in [0.717, 1.165) is 23.0 Å². The van der Waals surface area contributed by atoms with Crippen molar-refractivity contribution in [1.82, 2.24) is 20.1 Å². The molecule has 0 radical (unpaired) electrons. The molecular weight excluding hydrogens is 264 g/mol. The Labute approximate surface area is 122 Å². The van der Waals surface area contributed by atoms with E-state index in [9.17, 15) is 4.79 Å². The second-order valence-corrected chi connectivity index (χ2v) is 4.78. The van der Waals surface area contributed by atoms with E-state index < -0.39 is 0 Å². The van der Waals surface area contributed by atoms with E-state index in [2.05, 4.69) is 15.4 Å². The number of aromatic nitrogens is 3. The first-order valence-electron chi connectivity index (χ1n) is 6.96. The molecule has 3 aromatic rings. The van der Waals surface area contributed by atoms with Gasteiger partial charge in [0.15, 0.2) is 0 Å². The van der Waals surface area contributed by atoms with Gasteiger partial charge in [-0.15, -0.1) is 0 Å². The van der Waals surface area contributed by atoms with Crippen molar-refractivity contribution in [3.8, 4) is 5.69 Å². The normalized spacial score (nSPS) is 10.7. The van der Waals surface area contributed by atoms with E-state index in [1.165, 1.54) is 0 Å². The molecule has 3 rings (SSSR count). The van der Waals surface area contributed by atoms with Crippen LogP contribution >= 0.6 is 0 Å². The third-order valence-corrected chi connectivity index (χ3v) is 3.24. The van der Waals surface area contributed by atoms with Crippen LogP contribution in [0.25, 0.3) is 16.6 Å². The molecule has 0 aliphatic heterocycles. The molecule has 0 saturated heterocycles. The van der Waals surface area contributed by atoms with E-state index in [1.54, 1.807) is 17.1 Å². The minimum atomic E-state index is -0.0619. The van der Waals surface area contributed by atoms with Gasteiger partial charge in [-0.2, -0.15) is 5.10 Å². The maximum atomic E-state index is 12.2. The van der Waals surface area contributed by atoms with Crippen LogP contribution in [0.15, 0.2) is 48.9 Å². The smallest absolute Gasteiger partial charge is 0.252 e. The molecule has 1 amide bonds. The monoisotopic (exact) mass is 280 g/mol. The highest BCUT2D eigenvalue weighted by molar-refractivity contribution is 6.06. The number of benzene rings is 1. The molecule has 5 nitrogen and oxygen atoms in total. The van der Waals surface area contributed by atoms with Crippen LogP contribution in [0.5, 0.6) is 0 Å². The molecular formula is C16H16N4O. The quantitative estimate of drug-likeness (QED) is 0.799. The van der Waals surface area contributed by atoms with E-state index in [-0.39, 0.29) is 5.91 Å². The van der Waals surface area contributed by atoms with Gasteiger partial charge in [-0.05, 0) is 30.7 Å². The van der Waals surface area contributed by atoms with Gasteiger partial charge in [-0.25, -0.2) is 4.68 Å². The zero-order valence-corrected chi connectivity index (χ0v) is 11.8. The molecule has 0 bridgehead atoms. The molecule has 0 aliphatic carbocycles. The molecule has 2 aromatic heterocycles. The molecule has 0 fully saturated rings. The predicted octanol–water partition coefficient (Wildman–Crippen LogP) is 2.56. The van der Waals surface area contributed by atoms with Gasteiger partial charge in [-0.3, -0.25) is 9.78 Å². The van der Waals surface area contributed by atoms with Crippen LogP contribution in [-0.4, -0.2) is 27.2 Å². The second kappa shape index (κ2) is 5.75. The van der Waals surface area contributed by atoms with Crippen molar-refractivity contribution in [2.45, 2.75) is 13.3 Å². The Morgan fingerprint density at radius 2 is 2.19 bits per heavy atom. The number of rotatable bonds is 4. The Hall–Kier alpha value is -2.69. The standard InChI is InChI=1S/C16H16N4O/c1-2-8-18-16(21)13-6-3-7-15-14(13)11-20(19-15)12-5-4-9-17-10-12/h3-7,9-11H,2,8H2,1H3,(H,18,21). The molecule has 106 valence electrons. The van der Waals surface area contributed by atoms with Gasteiger partial charge in [-0.1, -0.05) is 13.0 Å². The average molecular weight is 280 g/mol. The first-order chi connectivity index (χ1) is 10.3. The zero-order chi connectivity index (χ0) is 14.7. The molecule has 0 unspecified atom stereocenters. The number of pyridine rings is 1. The summed E-state index contributed by atoms with van der Waals surface area (Å²) in [7, 11) is 0. The van der Waals surface area contributed by atoms with Gasteiger partial charge in [0, 0.05) is 24.3 Å². The summed E-state index contributed by atoms with van der Waals surface area (Å²) in [6.45, 7) is 2.70. The van der Waals surface area contributed by atoms with Gasteiger partial charge >= 0.3 is 0 Å². The topological polar surface area (TPSA) is 59.8 Å². The molecule has 0 spiro atoms. The lowest BCUT2D eigenvalue weighted by Gasteiger charge is -2.03. The van der Waals surface area contributed by atoms with Crippen LogP contribution in [0.4, 0.5) is 0 Å². The number of carbonyl (C=O) groups excluding carboxylic acids is 1. The summed E-state index contributed by atoms with van der Waals surface area (Å²) < 4.78 is 1.74. The lowest BCUT2D eigenvalue weighted by Crippen LogP contribution is -2.24. The number of hydrogen-bond donors (Lipinski definition) is 1. The summed E-state index contributed by atoms with van der Waals surface area (Å²) in [6, 6.07) is 9.36. The molecule has 1 N–H and O–H groups in total. The average Bonchev–Trinajstić information content (AvgIpc) is 2.97. The SMILES string of the molecule is CCCNC(=O)c1cccc2nn(-c3cccnc3)cc12. The highest BCUT2D eigenvalue weighted by atomic mass is 16.1. The molecule has 1 aromatic carbocycles. The molecule has 2 heterocycles. The highest BCUT2D eigenvalue weighted by Crippen LogP contribution is 2.19. The third-order valence-electron chi connectivity index (χ3n) is 3.24. The van der Waals surface area contributed by atoms with Crippen LogP contribution < -0.4 is 5.32 Å². The van der Waals surface area contributed by atoms with Crippen molar-refractivity contribution in [2.24, 2.45) is 0 Å². The van der Waals surface area contributed by atoms with Crippen molar-refractivity contribution in [3.63, 3.8) is 0 Å². The maximum absolute atomic E-state index is 12.2. The van der Waals surface area contributed by atoms with E-state index >= 15 is 0 Å². The number of fused-ring (bicyclic) bond motifs is 1. The molecule has 0 atom stereocenters. The lowest BCUT2D eigenvalue weighted by molar-refractivity contribution is 0.0955. The van der Waals surface area contributed by atoms with E-state index in [0.29, 0.717) is 12.1 Å². The number of carbonyl (C=O) groups is 1. The fraction of sp³-hybridized carbons (Fsp3) is 0.188. The summed E-state index contributed by atoms with van der Waals surface area (Å²) in [6.07, 6.45) is 6.24. The van der Waals surface area contributed by atoms with E-state index in [4.69, 9.17) is 0 Å². The van der Waals surface area contributed by atoms with Gasteiger partial charge < -0.3 is 5.32 Å².